The lowest BCUT2D eigenvalue weighted by molar-refractivity contribution is -0.143. The van der Waals surface area contributed by atoms with Crippen molar-refractivity contribution in [2.75, 3.05) is 0 Å². The maximum absolute atomic E-state index is 13.4. The normalized spacial score (nSPS) is 32.4. The molecule has 2 amide bonds. The highest BCUT2D eigenvalue weighted by Gasteiger charge is 2.82. The van der Waals surface area contributed by atoms with E-state index in [0.717, 1.165) is 28.6 Å². The Morgan fingerprint density at radius 2 is 1.70 bits per heavy atom. The van der Waals surface area contributed by atoms with E-state index in [-0.39, 0.29) is 17.3 Å². The monoisotopic (exact) mass is 465 g/mol. The summed E-state index contributed by atoms with van der Waals surface area (Å²) in [6.07, 6.45) is 8.95. The minimum absolute atomic E-state index is 0.0904. The van der Waals surface area contributed by atoms with Gasteiger partial charge in [0.25, 0.3) is 0 Å². The van der Waals surface area contributed by atoms with Crippen LogP contribution >= 0.6 is 15.9 Å². The number of carbonyl (C=O) groups is 2. The molecule has 1 heterocycles. The topological polar surface area (TPSA) is 99.1 Å². The van der Waals surface area contributed by atoms with Crippen molar-refractivity contribution in [3.63, 3.8) is 0 Å². The first-order chi connectivity index (χ1) is 14.4. The largest absolute Gasteiger partial charge is 0.369 e. The zero-order valence-electron chi connectivity index (χ0n) is 16.6. The molecule has 1 aromatic heterocycles. The molecular weight excluding hydrogens is 442 g/mol. The Morgan fingerprint density at radius 1 is 1.00 bits per heavy atom. The minimum Gasteiger partial charge on any atom is -0.369 e. The van der Waals surface area contributed by atoms with Crippen LogP contribution in [0.2, 0.25) is 0 Å². The summed E-state index contributed by atoms with van der Waals surface area (Å²) in [4.78, 5) is 31.2. The zero-order chi connectivity index (χ0) is 21.1. The number of nitrogens with zero attached hydrogens (tertiary/aromatic N) is 1. The van der Waals surface area contributed by atoms with Gasteiger partial charge in [0.05, 0.1) is 10.8 Å². The van der Waals surface area contributed by atoms with Crippen molar-refractivity contribution in [2.24, 2.45) is 34.1 Å². The molecule has 2 fully saturated rings. The first kappa shape index (κ1) is 19.5. The Bertz CT molecular complexity index is 1050. The van der Waals surface area contributed by atoms with Crippen LogP contribution in [-0.2, 0) is 21.4 Å². The summed E-state index contributed by atoms with van der Waals surface area (Å²) < 4.78 is 0.906. The quantitative estimate of drug-likeness (QED) is 0.640. The molecule has 0 radical (unpaired) electrons. The van der Waals surface area contributed by atoms with Crippen molar-refractivity contribution in [2.45, 2.75) is 31.1 Å². The molecule has 5 nitrogen and oxygen atoms in total. The van der Waals surface area contributed by atoms with Gasteiger partial charge < -0.3 is 11.5 Å². The van der Waals surface area contributed by atoms with E-state index in [9.17, 15) is 9.59 Å². The highest BCUT2D eigenvalue weighted by molar-refractivity contribution is 9.10. The van der Waals surface area contributed by atoms with Crippen molar-refractivity contribution in [3.05, 3.63) is 76.5 Å². The van der Waals surface area contributed by atoms with E-state index in [1.807, 2.05) is 42.5 Å². The summed E-state index contributed by atoms with van der Waals surface area (Å²) in [6, 6.07) is 13.4. The average molecular weight is 466 g/mol. The summed E-state index contributed by atoms with van der Waals surface area (Å²) >= 11 is 3.47. The lowest BCUT2D eigenvalue weighted by atomic mass is 9.52. The second kappa shape index (κ2) is 6.51. The number of halogens is 1. The lowest BCUT2D eigenvalue weighted by Gasteiger charge is -2.48. The fraction of sp³-hybridized carbons (Fsp3) is 0.375. The van der Waals surface area contributed by atoms with Gasteiger partial charge in [-0.2, -0.15) is 0 Å². The van der Waals surface area contributed by atoms with Crippen molar-refractivity contribution >= 4 is 27.7 Å². The molecule has 1 aromatic carbocycles. The molecule has 5 rings (SSSR count). The number of aryl methyl sites for hydroxylation is 1. The van der Waals surface area contributed by atoms with Crippen LogP contribution in [0, 0.1) is 22.7 Å². The molecule has 4 atom stereocenters. The SMILES string of the molecule is NC(=O)[C@]1(CCc2ccccn2)[C@@H]2C=C[C@@H](C23CC3)[C@@]1(C(N)=O)c1ccc(Br)cc1. The average Bonchev–Trinajstić information content (AvgIpc) is 3.40. The number of pyridine rings is 1. The second-order valence-electron chi connectivity index (χ2n) is 8.91. The predicted octanol–water partition coefficient (Wildman–Crippen LogP) is 3.27. The third-order valence-corrected chi connectivity index (χ3v) is 8.42. The maximum atomic E-state index is 13.4. The molecule has 30 heavy (non-hydrogen) atoms. The van der Waals surface area contributed by atoms with E-state index < -0.39 is 22.6 Å². The Balaban J connectivity index is 1.73. The van der Waals surface area contributed by atoms with Gasteiger partial charge in [0.1, 0.15) is 0 Å². The van der Waals surface area contributed by atoms with Crippen LogP contribution in [0.4, 0.5) is 0 Å². The molecule has 2 aromatic rings. The van der Waals surface area contributed by atoms with Crippen molar-refractivity contribution in [1.82, 2.24) is 4.98 Å². The molecule has 4 N–H and O–H groups in total. The number of nitrogens with two attached hydrogens (primary N) is 2. The predicted molar refractivity (Wildman–Crippen MR) is 117 cm³/mol. The maximum Gasteiger partial charge on any atom is 0.229 e. The van der Waals surface area contributed by atoms with Gasteiger partial charge in [0, 0.05) is 22.3 Å². The fourth-order valence-corrected chi connectivity index (χ4v) is 6.94. The van der Waals surface area contributed by atoms with Crippen LogP contribution in [-0.4, -0.2) is 16.8 Å². The molecule has 154 valence electrons. The van der Waals surface area contributed by atoms with E-state index in [1.54, 1.807) is 6.20 Å². The van der Waals surface area contributed by atoms with Crippen LogP contribution < -0.4 is 11.5 Å². The smallest absolute Gasteiger partial charge is 0.229 e. The van der Waals surface area contributed by atoms with Crippen molar-refractivity contribution < 1.29 is 9.59 Å². The highest BCUT2D eigenvalue weighted by atomic mass is 79.9. The first-order valence-electron chi connectivity index (χ1n) is 10.3. The van der Waals surface area contributed by atoms with Gasteiger partial charge in [0.15, 0.2) is 0 Å². The summed E-state index contributed by atoms with van der Waals surface area (Å²) in [7, 11) is 0. The van der Waals surface area contributed by atoms with Crippen LogP contribution in [0.3, 0.4) is 0 Å². The molecular formula is C24H24BrN3O2. The molecule has 0 unspecified atom stereocenters. The van der Waals surface area contributed by atoms with Crippen LogP contribution in [0.25, 0.3) is 0 Å². The number of aromatic nitrogens is 1. The van der Waals surface area contributed by atoms with E-state index in [4.69, 9.17) is 11.5 Å². The number of hydrogen-bond donors (Lipinski definition) is 2. The van der Waals surface area contributed by atoms with Gasteiger partial charge >= 0.3 is 0 Å². The van der Waals surface area contributed by atoms with Gasteiger partial charge in [-0.05, 0) is 66.8 Å². The summed E-state index contributed by atoms with van der Waals surface area (Å²) in [5, 5.41) is 0. The Labute approximate surface area is 184 Å². The standard InChI is InChI=1S/C24H24BrN3O2/c25-16-6-4-15(5-7-16)24(21(27)30)19-9-8-18(22(19)12-13-22)23(24,20(26)29)11-10-17-3-1-2-14-28-17/h1-9,14,18-19H,10-13H2,(H2,26,29)(H2,27,30)/t18-,19+,23+,24-/m1/s1. The van der Waals surface area contributed by atoms with E-state index >= 15 is 0 Å². The molecule has 6 heteroatoms. The Hall–Kier alpha value is -2.47. The van der Waals surface area contributed by atoms with Crippen molar-refractivity contribution in [3.8, 4) is 0 Å². The Kier molecular flexibility index (Phi) is 4.23. The summed E-state index contributed by atoms with van der Waals surface area (Å²) in [5.41, 5.74) is 11.7. The summed E-state index contributed by atoms with van der Waals surface area (Å²) in [5.74, 6) is -1.12. The van der Waals surface area contributed by atoms with E-state index in [2.05, 4.69) is 33.1 Å². The lowest BCUT2D eigenvalue weighted by Crippen LogP contribution is -2.62. The Morgan fingerprint density at radius 3 is 2.27 bits per heavy atom. The molecule has 2 bridgehead atoms. The molecule has 0 saturated heterocycles. The number of primary amides is 2. The molecule has 2 saturated carbocycles. The number of amides is 2. The summed E-state index contributed by atoms with van der Waals surface area (Å²) in [6.45, 7) is 0. The molecule has 3 aliphatic rings. The third-order valence-electron chi connectivity index (χ3n) is 7.89. The highest BCUT2D eigenvalue weighted by Crippen LogP contribution is 2.80. The van der Waals surface area contributed by atoms with E-state index in [0.29, 0.717) is 12.8 Å². The zero-order valence-corrected chi connectivity index (χ0v) is 18.1. The van der Waals surface area contributed by atoms with Gasteiger partial charge in [0.2, 0.25) is 11.8 Å². The van der Waals surface area contributed by atoms with Crippen molar-refractivity contribution in [1.29, 1.82) is 0 Å². The molecule has 3 aliphatic carbocycles. The number of rotatable bonds is 6. The number of benzene rings is 1. The number of hydrogen-bond acceptors (Lipinski definition) is 3. The van der Waals surface area contributed by atoms with Gasteiger partial charge in [-0.15, -0.1) is 0 Å². The molecule has 0 aliphatic heterocycles. The van der Waals surface area contributed by atoms with Crippen LogP contribution in [0.1, 0.15) is 30.5 Å². The first-order valence-corrected chi connectivity index (χ1v) is 11.1. The second-order valence-corrected chi connectivity index (χ2v) is 9.82. The van der Waals surface area contributed by atoms with E-state index in [1.165, 1.54) is 0 Å². The van der Waals surface area contributed by atoms with Crippen LogP contribution in [0.5, 0.6) is 0 Å². The van der Waals surface area contributed by atoms with Crippen LogP contribution in [0.15, 0.2) is 65.3 Å². The van der Waals surface area contributed by atoms with Gasteiger partial charge in [-0.1, -0.05) is 46.3 Å². The number of carbonyl (C=O) groups excluding carboxylic acids is 2. The minimum atomic E-state index is -1.16. The van der Waals surface area contributed by atoms with Gasteiger partial charge in [-0.25, -0.2) is 0 Å². The molecule has 1 spiro atoms. The third kappa shape index (κ3) is 2.26. The fourth-order valence-electron chi connectivity index (χ4n) is 6.68. The van der Waals surface area contributed by atoms with Gasteiger partial charge in [-0.3, -0.25) is 14.6 Å². The number of allylic oxidation sites excluding steroid dienone is 2.